The van der Waals surface area contributed by atoms with Gasteiger partial charge in [-0.2, -0.15) is 9.97 Å². The number of ether oxygens (including phenoxy) is 2. The molecule has 0 aromatic carbocycles. The molecule has 1 fully saturated rings. The Bertz CT molecular complexity index is 381. The first-order valence-corrected chi connectivity index (χ1v) is 6.61. The zero-order valence-electron chi connectivity index (χ0n) is 10.7. The van der Waals surface area contributed by atoms with Crippen molar-refractivity contribution >= 4 is 17.5 Å². The predicted molar refractivity (Wildman–Crippen MR) is 70.8 cm³/mol. The van der Waals surface area contributed by atoms with Crippen molar-refractivity contribution in [1.29, 1.82) is 0 Å². The molecule has 18 heavy (non-hydrogen) atoms. The number of hydrogen-bond donors (Lipinski definition) is 0. The normalized spacial score (nSPS) is 19.7. The number of nitrogens with zero attached hydrogens (tertiary/aromatic N) is 3. The average Bonchev–Trinajstić information content (AvgIpc) is 2.46. The van der Waals surface area contributed by atoms with Crippen LogP contribution in [0.25, 0.3) is 0 Å². The molecular formula is C12H18ClN3O2. The van der Waals surface area contributed by atoms with E-state index in [4.69, 9.17) is 21.1 Å². The first kappa shape index (κ1) is 13.2. The number of rotatable bonds is 4. The van der Waals surface area contributed by atoms with Crippen LogP contribution < -0.4 is 14.4 Å². The van der Waals surface area contributed by atoms with Gasteiger partial charge in [-0.1, -0.05) is 0 Å². The SMILES string of the molecule is COc1cc(OC)nc(N2CCCCC2CCl)n1. The summed E-state index contributed by atoms with van der Waals surface area (Å²) < 4.78 is 10.3. The Kier molecular flexibility index (Phi) is 4.47. The maximum atomic E-state index is 6.01. The smallest absolute Gasteiger partial charge is 0.232 e. The summed E-state index contributed by atoms with van der Waals surface area (Å²) in [6.45, 7) is 0.924. The van der Waals surface area contributed by atoms with Gasteiger partial charge in [0, 0.05) is 18.5 Å². The van der Waals surface area contributed by atoms with Gasteiger partial charge in [-0.15, -0.1) is 11.6 Å². The molecule has 0 spiro atoms. The minimum Gasteiger partial charge on any atom is -0.481 e. The molecule has 0 aliphatic carbocycles. The van der Waals surface area contributed by atoms with Crippen LogP contribution in [-0.2, 0) is 0 Å². The molecule has 1 aromatic rings. The van der Waals surface area contributed by atoms with Crippen LogP contribution in [-0.4, -0.2) is 42.7 Å². The average molecular weight is 272 g/mol. The summed E-state index contributed by atoms with van der Waals surface area (Å²) >= 11 is 6.01. The zero-order valence-corrected chi connectivity index (χ0v) is 11.5. The van der Waals surface area contributed by atoms with E-state index in [0.29, 0.717) is 23.6 Å². The quantitative estimate of drug-likeness (QED) is 0.785. The van der Waals surface area contributed by atoms with E-state index in [1.54, 1.807) is 20.3 Å². The molecule has 0 saturated carbocycles. The third-order valence-electron chi connectivity index (χ3n) is 3.15. The summed E-state index contributed by atoms with van der Waals surface area (Å²) in [6.07, 6.45) is 3.41. The summed E-state index contributed by atoms with van der Waals surface area (Å²) in [4.78, 5) is 10.9. The number of aromatic nitrogens is 2. The molecule has 0 bridgehead atoms. The van der Waals surface area contributed by atoms with E-state index >= 15 is 0 Å². The molecule has 1 aromatic heterocycles. The van der Waals surface area contributed by atoms with Crippen molar-refractivity contribution in [3.8, 4) is 11.8 Å². The van der Waals surface area contributed by atoms with Gasteiger partial charge in [-0.3, -0.25) is 0 Å². The summed E-state index contributed by atoms with van der Waals surface area (Å²) in [5.74, 6) is 2.24. The highest BCUT2D eigenvalue weighted by Gasteiger charge is 2.24. The van der Waals surface area contributed by atoms with E-state index in [9.17, 15) is 0 Å². The van der Waals surface area contributed by atoms with Gasteiger partial charge in [0.1, 0.15) is 0 Å². The van der Waals surface area contributed by atoms with Gasteiger partial charge in [0.05, 0.1) is 20.3 Å². The predicted octanol–water partition coefficient (Wildman–Crippen LogP) is 2.09. The highest BCUT2D eigenvalue weighted by atomic mass is 35.5. The van der Waals surface area contributed by atoms with E-state index in [0.717, 1.165) is 19.4 Å². The number of halogens is 1. The maximum absolute atomic E-state index is 6.01. The van der Waals surface area contributed by atoms with Gasteiger partial charge in [-0.05, 0) is 19.3 Å². The number of alkyl halides is 1. The third kappa shape index (κ3) is 2.77. The standard InChI is InChI=1S/C12H18ClN3O2/c1-17-10-7-11(18-2)15-12(14-10)16-6-4-3-5-9(16)8-13/h7,9H,3-6,8H2,1-2H3. The lowest BCUT2D eigenvalue weighted by Crippen LogP contribution is -2.41. The summed E-state index contributed by atoms with van der Waals surface area (Å²) in [6, 6.07) is 1.96. The molecular weight excluding hydrogens is 254 g/mol. The Morgan fingerprint density at radius 3 is 2.50 bits per heavy atom. The molecule has 5 nitrogen and oxygen atoms in total. The molecule has 6 heteroatoms. The van der Waals surface area contributed by atoms with Crippen LogP contribution in [0.2, 0.25) is 0 Å². The third-order valence-corrected chi connectivity index (χ3v) is 3.50. The van der Waals surface area contributed by atoms with Gasteiger partial charge in [0.2, 0.25) is 17.7 Å². The number of anilines is 1. The van der Waals surface area contributed by atoms with E-state index in [-0.39, 0.29) is 6.04 Å². The lowest BCUT2D eigenvalue weighted by atomic mass is 10.0. The van der Waals surface area contributed by atoms with Gasteiger partial charge >= 0.3 is 0 Å². The Hall–Kier alpha value is -1.23. The van der Waals surface area contributed by atoms with Crippen LogP contribution in [0.3, 0.4) is 0 Å². The van der Waals surface area contributed by atoms with Crippen LogP contribution in [0.15, 0.2) is 6.07 Å². The van der Waals surface area contributed by atoms with E-state index in [1.807, 2.05) is 0 Å². The Labute approximate surface area is 112 Å². The minimum absolute atomic E-state index is 0.289. The molecule has 1 aliphatic rings. The summed E-state index contributed by atoms with van der Waals surface area (Å²) in [5.41, 5.74) is 0. The minimum atomic E-state index is 0.289. The van der Waals surface area contributed by atoms with Gasteiger partial charge in [-0.25, -0.2) is 0 Å². The monoisotopic (exact) mass is 271 g/mol. The Morgan fingerprint density at radius 1 is 1.28 bits per heavy atom. The maximum Gasteiger partial charge on any atom is 0.232 e. The van der Waals surface area contributed by atoms with E-state index < -0.39 is 0 Å². The zero-order chi connectivity index (χ0) is 13.0. The fourth-order valence-electron chi connectivity index (χ4n) is 2.15. The number of piperidine rings is 1. The molecule has 0 N–H and O–H groups in total. The molecule has 1 unspecified atom stereocenters. The lowest BCUT2D eigenvalue weighted by molar-refractivity contribution is 0.369. The van der Waals surface area contributed by atoms with E-state index in [2.05, 4.69) is 14.9 Å². The highest BCUT2D eigenvalue weighted by Crippen LogP contribution is 2.26. The molecule has 1 saturated heterocycles. The van der Waals surface area contributed by atoms with Gasteiger partial charge < -0.3 is 14.4 Å². The largest absolute Gasteiger partial charge is 0.481 e. The molecule has 0 amide bonds. The fraction of sp³-hybridized carbons (Fsp3) is 0.667. The Morgan fingerprint density at radius 2 is 1.94 bits per heavy atom. The lowest BCUT2D eigenvalue weighted by Gasteiger charge is -2.34. The highest BCUT2D eigenvalue weighted by molar-refractivity contribution is 6.18. The van der Waals surface area contributed by atoms with Gasteiger partial charge in [0.15, 0.2) is 0 Å². The Balaban J connectivity index is 2.29. The van der Waals surface area contributed by atoms with Crippen LogP contribution in [0.5, 0.6) is 11.8 Å². The van der Waals surface area contributed by atoms with Crippen LogP contribution in [0, 0.1) is 0 Å². The second kappa shape index (κ2) is 6.09. The van der Waals surface area contributed by atoms with Gasteiger partial charge in [0.25, 0.3) is 0 Å². The van der Waals surface area contributed by atoms with Crippen molar-refractivity contribution in [2.45, 2.75) is 25.3 Å². The number of methoxy groups -OCH3 is 2. The second-order valence-corrected chi connectivity index (χ2v) is 4.56. The summed E-state index contributed by atoms with van der Waals surface area (Å²) in [5, 5.41) is 0. The van der Waals surface area contributed by atoms with Crippen molar-refractivity contribution < 1.29 is 9.47 Å². The van der Waals surface area contributed by atoms with Crippen molar-refractivity contribution in [3.05, 3.63) is 6.07 Å². The molecule has 100 valence electrons. The van der Waals surface area contributed by atoms with Crippen LogP contribution in [0.1, 0.15) is 19.3 Å². The molecule has 2 rings (SSSR count). The fourth-order valence-corrected chi connectivity index (χ4v) is 2.48. The molecule has 0 radical (unpaired) electrons. The van der Waals surface area contributed by atoms with Crippen molar-refractivity contribution in [1.82, 2.24) is 9.97 Å². The number of hydrogen-bond acceptors (Lipinski definition) is 5. The summed E-state index contributed by atoms with van der Waals surface area (Å²) in [7, 11) is 3.17. The van der Waals surface area contributed by atoms with E-state index in [1.165, 1.54) is 6.42 Å². The molecule has 1 atom stereocenters. The van der Waals surface area contributed by atoms with Crippen molar-refractivity contribution in [3.63, 3.8) is 0 Å². The van der Waals surface area contributed by atoms with Crippen LogP contribution in [0.4, 0.5) is 5.95 Å². The second-order valence-electron chi connectivity index (χ2n) is 4.25. The van der Waals surface area contributed by atoms with Crippen molar-refractivity contribution in [2.75, 3.05) is 31.5 Å². The first-order valence-electron chi connectivity index (χ1n) is 6.08. The first-order chi connectivity index (χ1) is 8.78. The van der Waals surface area contributed by atoms with Crippen molar-refractivity contribution in [2.24, 2.45) is 0 Å². The molecule has 1 aliphatic heterocycles. The molecule has 2 heterocycles. The van der Waals surface area contributed by atoms with Crippen LogP contribution >= 0.6 is 11.6 Å². The topological polar surface area (TPSA) is 47.5 Å².